The minimum absolute atomic E-state index is 0.618. The van der Waals surface area contributed by atoms with Crippen LogP contribution in [0.15, 0.2) is 12.2 Å². The molecule has 0 aromatic carbocycles. The Morgan fingerprint density at radius 2 is 2.00 bits per heavy atom. The summed E-state index contributed by atoms with van der Waals surface area (Å²) >= 11 is 0. The van der Waals surface area contributed by atoms with Gasteiger partial charge in [-0.15, -0.1) is 0 Å². The van der Waals surface area contributed by atoms with Gasteiger partial charge in [-0.05, 0) is 18.8 Å². The van der Waals surface area contributed by atoms with E-state index in [0.717, 1.165) is 19.1 Å². The van der Waals surface area contributed by atoms with Crippen molar-refractivity contribution in [2.75, 3.05) is 19.8 Å². The third-order valence-corrected chi connectivity index (χ3v) is 2.35. The fraction of sp³-hybridized carbons (Fsp3) is 0.800. The van der Waals surface area contributed by atoms with Gasteiger partial charge >= 0.3 is 0 Å². The Labute approximate surface area is 74.8 Å². The molecule has 0 bridgehead atoms. The molecule has 0 aliphatic heterocycles. The first-order valence-electron chi connectivity index (χ1n) is 4.86. The summed E-state index contributed by atoms with van der Waals surface area (Å²) in [4.78, 5) is 0. The minimum atomic E-state index is 0.618. The topological polar surface area (TPSA) is 35.2 Å². The molecule has 1 aliphatic rings. The molecule has 0 radical (unpaired) electrons. The van der Waals surface area contributed by atoms with E-state index in [0.29, 0.717) is 6.54 Å². The van der Waals surface area contributed by atoms with Crippen LogP contribution in [-0.4, -0.2) is 19.8 Å². The van der Waals surface area contributed by atoms with Crippen LogP contribution in [0.3, 0.4) is 0 Å². The van der Waals surface area contributed by atoms with E-state index < -0.39 is 0 Å². The second-order valence-corrected chi connectivity index (χ2v) is 3.40. The summed E-state index contributed by atoms with van der Waals surface area (Å²) in [6.45, 7) is 2.29. The van der Waals surface area contributed by atoms with Crippen LogP contribution >= 0.6 is 0 Å². The number of nitrogens with two attached hydrogens (primary N) is 1. The zero-order chi connectivity index (χ0) is 8.65. The van der Waals surface area contributed by atoms with Gasteiger partial charge in [-0.2, -0.15) is 0 Å². The average Bonchev–Trinajstić information content (AvgIpc) is 2.57. The summed E-state index contributed by atoms with van der Waals surface area (Å²) in [7, 11) is 0. The zero-order valence-corrected chi connectivity index (χ0v) is 7.67. The lowest BCUT2D eigenvalue weighted by molar-refractivity contribution is 0.125. The zero-order valence-electron chi connectivity index (χ0n) is 7.67. The van der Waals surface area contributed by atoms with Crippen molar-refractivity contribution in [3.8, 4) is 0 Å². The van der Waals surface area contributed by atoms with Gasteiger partial charge in [0.05, 0.1) is 6.61 Å². The van der Waals surface area contributed by atoms with Crippen LogP contribution < -0.4 is 5.73 Å². The van der Waals surface area contributed by atoms with Crippen molar-refractivity contribution >= 4 is 0 Å². The summed E-state index contributed by atoms with van der Waals surface area (Å²) in [5.41, 5.74) is 5.29. The summed E-state index contributed by atoms with van der Waals surface area (Å²) in [6, 6.07) is 0. The predicted octanol–water partition coefficient (Wildman–Crippen LogP) is 1.71. The fourth-order valence-electron chi connectivity index (χ4n) is 1.64. The Kier molecular flexibility index (Phi) is 5.04. The van der Waals surface area contributed by atoms with E-state index in [1.165, 1.54) is 25.7 Å². The van der Waals surface area contributed by atoms with Crippen LogP contribution in [-0.2, 0) is 4.74 Å². The first-order valence-corrected chi connectivity index (χ1v) is 4.86. The molecule has 1 fully saturated rings. The first-order chi connectivity index (χ1) is 5.93. The molecule has 70 valence electrons. The van der Waals surface area contributed by atoms with Crippen molar-refractivity contribution in [2.45, 2.75) is 25.7 Å². The number of hydrogen-bond acceptors (Lipinski definition) is 2. The van der Waals surface area contributed by atoms with Crippen molar-refractivity contribution < 1.29 is 4.74 Å². The number of rotatable bonds is 5. The van der Waals surface area contributed by atoms with Crippen LogP contribution in [0.1, 0.15) is 25.7 Å². The van der Waals surface area contributed by atoms with E-state index in [1.54, 1.807) is 0 Å². The lowest BCUT2D eigenvalue weighted by atomic mass is 10.1. The summed E-state index contributed by atoms with van der Waals surface area (Å²) in [6.07, 6.45) is 9.45. The first kappa shape index (κ1) is 9.75. The van der Waals surface area contributed by atoms with Gasteiger partial charge in [-0.3, -0.25) is 0 Å². The fourth-order valence-corrected chi connectivity index (χ4v) is 1.64. The minimum Gasteiger partial charge on any atom is -0.377 e. The Bertz CT molecular complexity index is 128. The molecule has 1 saturated carbocycles. The predicted molar refractivity (Wildman–Crippen MR) is 51.0 cm³/mol. The molecule has 0 heterocycles. The molecular weight excluding hydrogens is 150 g/mol. The van der Waals surface area contributed by atoms with Crippen LogP contribution in [0.5, 0.6) is 0 Å². The van der Waals surface area contributed by atoms with E-state index in [9.17, 15) is 0 Å². The van der Waals surface area contributed by atoms with E-state index in [1.807, 2.05) is 12.2 Å². The Balaban J connectivity index is 1.91. The molecule has 0 aromatic heterocycles. The van der Waals surface area contributed by atoms with Gasteiger partial charge in [0.1, 0.15) is 0 Å². The van der Waals surface area contributed by atoms with Crippen molar-refractivity contribution in [1.82, 2.24) is 0 Å². The molecule has 0 spiro atoms. The molecule has 1 aliphatic carbocycles. The van der Waals surface area contributed by atoms with Gasteiger partial charge < -0.3 is 10.5 Å². The van der Waals surface area contributed by atoms with Gasteiger partial charge in [0, 0.05) is 13.2 Å². The maximum atomic E-state index is 5.48. The van der Waals surface area contributed by atoms with Crippen molar-refractivity contribution in [3.05, 3.63) is 12.2 Å². The maximum Gasteiger partial charge on any atom is 0.0648 e. The maximum absolute atomic E-state index is 5.48. The van der Waals surface area contributed by atoms with E-state index in [-0.39, 0.29) is 0 Å². The summed E-state index contributed by atoms with van der Waals surface area (Å²) in [5, 5.41) is 0. The third kappa shape index (κ3) is 3.88. The molecule has 2 N–H and O–H groups in total. The molecule has 12 heavy (non-hydrogen) atoms. The van der Waals surface area contributed by atoms with Crippen LogP contribution in [0.4, 0.5) is 0 Å². The Morgan fingerprint density at radius 1 is 1.25 bits per heavy atom. The summed E-state index contributed by atoms with van der Waals surface area (Å²) in [5.74, 6) is 0.830. The van der Waals surface area contributed by atoms with Crippen LogP contribution in [0, 0.1) is 5.92 Å². The van der Waals surface area contributed by atoms with Crippen LogP contribution in [0.25, 0.3) is 0 Å². The number of ether oxygens (including phenoxy) is 1. The van der Waals surface area contributed by atoms with E-state index in [4.69, 9.17) is 10.5 Å². The molecule has 1 rings (SSSR count). The molecular formula is C10H19NO. The van der Waals surface area contributed by atoms with Gasteiger partial charge in [-0.25, -0.2) is 0 Å². The lowest BCUT2D eigenvalue weighted by Crippen LogP contribution is -2.05. The van der Waals surface area contributed by atoms with Crippen molar-refractivity contribution in [1.29, 1.82) is 0 Å². The average molecular weight is 169 g/mol. The largest absolute Gasteiger partial charge is 0.377 e. The lowest BCUT2D eigenvalue weighted by Gasteiger charge is -2.07. The highest BCUT2D eigenvalue weighted by Crippen LogP contribution is 2.24. The van der Waals surface area contributed by atoms with Gasteiger partial charge in [-0.1, -0.05) is 25.0 Å². The summed E-state index contributed by atoms with van der Waals surface area (Å²) < 4.78 is 5.48. The van der Waals surface area contributed by atoms with E-state index >= 15 is 0 Å². The Hall–Kier alpha value is -0.340. The van der Waals surface area contributed by atoms with Gasteiger partial charge in [0.15, 0.2) is 0 Å². The molecule has 0 unspecified atom stereocenters. The molecule has 0 aromatic rings. The molecule has 2 nitrogen and oxygen atoms in total. The van der Waals surface area contributed by atoms with Crippen LogP contribution in [0.2, 0.25) is 0 Å². The normalized spacial score (nSPS) is 19.4. The van der Waals surface area contributed by atoms with Crippen molar-refractivity contribution in [3.63, 3.8) is 0 Å². The highest BCUT2D eigenvalue weighted by atomic mass is 16.5. The van der Waals surface area contributed by atoms with Gasteiger partial charge in [0.25, 0.3) is 0 Å². The monoisotopic (exact) mass is 169 g/mol. The smallest absolute Gasteiger partial charge is 0.0648 e. The highest BCUT2D eigenvalue weighted by molar-refractivity contribution is 4.82. The quantitative estimate of drug-likeness (QED) is 0.502. The molecule has 0 atom stereocenters. The molecule has 0 saturated heterocycles. The second kappa shape index (κ2) is 6.21. The SMILES string of the molecule is NCC=CCOCC1CCCC1. The second-order valence-electron chi connectivity index (χ2n) is 3.40. The van der Waals surface area contributed by atoms with Crippen molar-refractivity contribution in [2.24, 2.45) is 11.7 Å². The number of hydrogen-bond donors (Lipinski definition) is 1. The standard InChI is InChI=1S/C10H19NO/c11-7-3-4-8-12-9-10-5-1-2-6-10/h3-4,10H,1-2,5-9,11H2. The highest BCUT2D eigenvalue weighted by Gasteiger charge is 2.13. The third-order valence-electron chi connectivity index (χ3n) is 2.35. The van der Waals surface area contributed by atoms with E-state index in [2.05, 4.69) is 0 Å². The molecule has 0 amide bonds. The Morgan fingerprint density at radius 3 is 2.67 bits per heavy atom. The molecule has 2 heteroatoms. The van der Waals surface area contributed by atoms with Gasteiger partial charge in [0.2, 0.25) is 0 Å².